The van der Waals surface area contributed by atoms with Gasteiger partial charge in [-0.2, -0.15) is 0 Å². The molecule has 1 aliphatic carbocycles. The Kier molecular flexibility index (Phi) is 2.30. The van der Waals surface area contributed by atoms with Crippen molar-refractivity contribution < 1.29 is 14.6 Å². The smallest absolute Gasteiger partial charge is 0.179 e. The van der Waals surface area contributed by atoms with Gasteiger partial charge in [0.05, 0.1) is 5.71 Å². The van der Waals surface area contributed by atoms with Gasteiger partial charge in [0.25, 0.3) is 0 Å². The average molecular weight is 241 g/mol. The van der Waals surface area contributed by atoms with Crippen LogP contribution in [0.1, 0.15) is 6.92 Å². The van der Waals surface area contributed by atoms with Crippen molar-refractivity contribution in [2.24, 2.45) is 4.99 Å². The molecule has 4 nitrogen and oxygen atoms in total. The van der Waals surface area contributed by atoms with Crippen LogP contribution in [0.2, 0.25) is 0 Å². The molecule has 0 aromatic heterocycles. The number of hydrogen-bond donors (Lipinski definition) is 1. The molecule has 0 bridgehead atoms. The minimum atomic E-state index is -0.277. The lowest BCUT2D eigenvalue weighted by molar-refractivity contribution is -0.110. The minimum absolute atomic E-state index is 0.0618. The Balaban J connectivity index is 2.16. The topological polar surface area (TPSA) is 58.9 Å². The van der Waals surface area contributed by atoms with Gasteiger partial charge in [0, 0.05) is 11.6 Å². The molecule has 90 valence electrons. The molecule has 0 saturated carbocycles. The number of carbonyl (C=O) groups is 1. The number of benzene rings is 1. The highest BCUT2D eigenvalue weighted by molar-refractivity contribution is 6.21. The first kappa shape index (κ1) is 10.8. The zero-order valence-electron chi connectivity index (χ0n) is 9.75. The maximum atomic E-state index is 11.4. The fraction of sp³-hybridized carbons (Fsp3) is 0.143. The van der Waals surface area contributed by atoms with Gasteiger partial charge in [-0.05, 0) is 37.3 Å². The van der Waals surface area contributed by atoms with Crippen LogP contribution >= 0.6 is 0 Å². The fourth-order valence-electron chi connectivity index (χ4n) is 2.03. The number of ether oxygens (including phenoxy) is 1. The van der Waals surface area contributed by atoms with Crippen molar-refractivity contribution in [3.8, 4) is 11.5 Å². The molecule has 1 aromatic carbocycles. The van der Waals surface area contributed by atoms with Crippen LogP contribution in [0.5, 0.6) is 11.5 Å². The summed E-state index contributed by atoms with van der Waals surface area (Å²) in [5, 5.41) is 9.46. The molecule has 1 unspecified atom stereocenters. The SMILES string of the molecule is CC1Oc2cc(O)ccc2N=C2C=CC(=O)C=C21. The number of aromatic hydroxyl groups is 1. The predicted molar refractivity (Wildman–Crippen MR) is 67.5 cm³/mol. The van der Waals surface area contributed by atoms with E-state index in [9.17, 15) is 9.90 Å². The van der Waals surface area contributed by atoms with E-state index in [-0.39, 0.29) is 17.6 Å². The van der Waals surface area contributed by atoms with Crippen LogP contribution in [0.3, 0.4) is 0 Å². The van der Waals surface area contributed by atoms with Crippen molar-refractivity contribution in [1.29, 1.82) is 0 Å². The van der Waals surface area contributed by atoms with Gasteiger partial charge in [0.1, 0.15) is 23.3 Å². The number of phenols is 1. The average Bonchev–Trinajstić information content (AvgIpc) is 2.46. The van der Waals surface area contributed by atoms with Crippen LogP contribution in [0.15, 0.2) is 47.0 Å². The molecule has 0 saturated heterocycles. The number of allylic oxidation sites excluding steroid dienone is 3. The van der Waals surface area contributed by atoms with Crippen molar-refractivity contribution in [2.45, 2.75) is 13.0 Å². The van der Waals surface area contributed by atoms with Crippen LogP contribution in [-0.2, 0) is 4.79 Å². The normalized spacial score (nSPS) is 21.2. The fourth-order valence-corrected chi connectivity index (χ4v) is 2.03. The summed E-state index contributed by atoms with van der Waals surface area (Å²) in [7, 11) is 0. The second-order valence-electron chi connectivity index (χ2n) is 4.24. The molecule has 2 aliphatic rings. The summed E-state index contributed by atoms with van der Waals surface area (Å²) in [4.78, 5) is 15.8. The standard InChI is InChI=1S/C14H11NO3/c1-8-11-6-9(16)2-4-12(11)15-13-5-3-10(17)7-14(13)18-8/h2-8,17H,1H3. The Morgan fingerprint density at radius 1 is 1.33 bits per heavy atom. The van der Waals surface area contributed by atoms with Crippen LogP contribution < -0.4 is 4.74 Å². The molecule has 1 atom stereocenters. The summed E-state index contributed by atoms with van der Waals surface area (Å²) in [6, 6.07) is 4.78. The molecule has 0 radical (unpaired) electrons. The molecule has 0 amide bonds. The van der Waals surface area contributed by atoms with E-state index in [4.69, 9.17) is 4.74 Å². The highest BCUT2D eigenvalue weighted by atomic mass is 16.5. The van der Waals surface area contributed by atoms with Gasteiger partial charge >= 0.3 is 0 Å². The van der Waals surface area contributed by atoms with Crippen molar-refractivity contribution >= 4 is 17.2 Å². The Morgan fingerprint density at radius 2 is 2.17 bits per heavy atom. The summed E-state index contributed by atoms with van der Waals surface area (Å²) < 4.78 is 5.73. The van der Waals surface area contributed by atoms with Crippen molar-refractivity contribution in [3.05, 3.63) is 42.0 Å². The number of rotatable bonds is 0. The van der Waals surface area contributed by atoms with Crippen LogP contribution in [0.25, 0.3) is 0 Å². The maximum Gasteiger partial charge on any atom is 0.179 e. The predicted octanol–water partition coefficient (Wildman–Crippen LogP) is 2.31. The van der Waals surface area contributed by atoms with Crippen LogP contribution in [-0.4, -0.2) is 22.7 Å². The number of phenolic OH excluding ortho intramolecular Hbond substituents is 1. The summed E-state index contributed by atoms with van der Waals surface area (Å²) in [5.74, 6) is 0.589. The van der Waals surface area contributed by atoms with E-state index >= 15 is 0 Å². The number of hydrogen-bond acceptors (Lipinski definition) is 4. The van der Waals surface area contributed by atoms with Gasteiger partial charge in [0.2, 0.25) is 0 Å². The van der Waals surface area contributed by atoms with E-state index in [1.54, 1.807) is 18.2 Å². The van der Waals surface area contributed by atoms with E-state index in [1.807, 2.05) is 6.92 Å². The molecular weight excluding hydrogens is 230 g/mol. The Hall–Kier alpha value is -2.36. The van der Waals surface area contributed by atoms with Crippen molar-refractivity contribution in [2.75, 3.05) is 0 Å². The number of ketones is 1. The summed E-state index contributed by atoms with van der Waals surface area (Å²) in [6.07, 6.45) is 4.44. The molecular formula is C14H11NO3. The third-order valence-corrected chi connectivity index (χ3v) is 2.93. The first-order chi connectivity index (χ1) is 8.63. The van der Waals surface area contributed by atoms with Crippen molar-refractivity contribution in [3.63, 3.8) is 0 Å². The quantitative estimate of drug-likeness (QED) is 0.709. The van der Waals surface area contributed by atoms with Gasteiger partial charge in [-0.25, -0.2) is 4.99 Å². The van der Waals surface area contributed by atoms with E-state index in [1.165, 1.54) is 18.2 Å². The molecule has 0 fully saturated rings. The second-order valence-corrected chi connectivity index (χ2v) is 4.24. The van der Waals surface area contributed by atoms with E-state index in [0.717, 1.165) is 11.3 Å². The summed E-state index contributed by atoms with van der Waals surface area (Å²) >= 11 is 0. The van der Waals surface area contributed by atoms with Crippen molar-refractivity contribution in [1.82, 2.24) is 0 Å². The van der Waals surface area contributed by atoms with Gasteiger partial charge in [-0.15, -0.1) is 0 Å². The molecule has 3 rings (SSSR count). The Morgan fingerprint density at radius 3 is 3.00 bits per heavy atom. The maximum absolute atomic E-state index is 11.4. The first-order valence-electron chi connectivity index (χ1n) is 5.66. The van der Waals surface area contributed by atoms with Crippen LogP contribution in [0, 0.1) is 0 Å². The second kappa shape index (κ2) is 3.84. The molecule has 1 heterocycles. The van der Waals surface area contributed by atoms with Gasteiger partial charge in [-0.3, -0.25) is 4.79 Å². The highest BCUT2D eigenvalue weighted by Gasteiger charge is 2.23. The zero-order valence-corrected chi connectivity index (χ0v) is 9.75. The summed E-state index contributed by atoms with van der Waals surface area (Å²) in [5.41, 5.74) is 2.14. The van der Waals surface area contributed by atoms with Gasteiger partial charge in [-0.1, -0.05) is 0 Å². The lowest BCUT2D eigenvalue weighted by Crippen LogP contribution is -2.21. The largest absolute Gasteiger partial charge is 0.508 e. The van der Waals surface area contributed by atoms with E-state index in [2.05, 4.69) is 4.99 Å². The molecule has 18 heavy (non-hydrogen) atoms. The molecule has 1 N–H and O–H groups in total. The Labute approximate surface area is 104 Å². The number of aliphatic imine (C=N–C) groups is 1. The molecule has 4 heteroatoms. The molecule has 0 spiro atoms. The van der Waals surface area contributed by atoms with Crippen LogP contribution in [0.4, 0.5) is 5.69 Å². The first-order valence-corrected chi connectivity index (χ1v) is 5.66. The summed E-state index contributed by atoms with van der Waals surface area (Å²) in [6.45, 7) is 1.85. The lowest BCUT2D eigenvalue weighted by Gasteiger charge is -2.16. The van der Waals surface area contributed by atoms with E-state index in [0.29, 0.717) is 11.4 Å². The van der Waals surface area contributed by atoms with E-state index < -0.39 is 0 Å². The number of nitrogens with zero attached hydrogens (tertiary/aromatic N) is 1. The number of fused-ring (bicyclic) bond motifs is 2. The minimum Gasteiger partial charge on any atom is -0.508 e. The zero-order chi connectivity index (χ0) is 12.7. The lowest BCUT2D eigenvalue weighted by atomic mass is 9.99. The molecule has 1 aliphatic heterocycles. The Bertz CT molecular complexity index is 626. The monoisotopic (exact) mass is 241 g/mol. The van der Waals surface area contributed by atoms with Gasteiger partial charge < -0.3 is 9.84 Å². The third kappa shape index (κ3) is 1.72. The highest BCUT2D eigenvalue weighted by Crippen LogP contribution is 2.36. The van der Waals surface area contributed by atoms with Gasteiger partial charge in [0.15, 0.2) is 5.78 Å². The third-order valence-electron chi connectivity index (χ3n) is 2.93. The molecule has 1 aromatic rings. The number of carbonyl (C=O) groups excluding carboxylic acids is 1.